The second-order valence-electron chi connectivity index (χ2n) is 4.81. The molecule has 0 saturated carbocycles. The van der Waals surface area contributed by atoms with Crippen molar-refractivity contribution in [3.63, 3.8) is 0 Å². The molecule has 0 atom stereocenters. The zero-order valence-corrected chi connectivity index (χ0v) is 13.9. The van der Waals surface area contributed by atoms with Gasteiger partial charge < -0.3 is 9.47 Å². The number of para-hydroxylation sites is 1. The van der Waals surface area contributed by atoms with Crippen molar-refractivity contribution in [1.82, 2.24) is 0 Å². The molecule has 0 aliphatic carbocycles. The Balaban J connectivity index is 1.76. The van der Waals surface area contributed by atoms with Crippen LogP contribution in [0.15, 0.2) is 42.5 Å². The second kappa shape index (κ2) is 8.66. The van der Waals surface area contributed by atoms with Crippen molar-refractivity contribution in [2.45, 2.75) is 19.3 Å². The maximum atomic E-state index is 13.3. The molecular formula is C17H13Cl2FO4. The minimum absolute atomic E-state index is 0.00860. The fraction of sp³-hybridized carbons (Fsp3) is 0.176. The monoisotopic (exact) mass is 370 g/mol. The third-order valence-corrected chi connectivity index (χ3v) is 3.47. The Bertz CT molecular complexity index is 749. The summed E-state index contributed by atoms with van der Waals surface area (Å²) in [7, 11) is 0. The number of hydrogen-bond acceptors (Lipinski definition) is 4. The van der Waals surface area contributed by atoms with Crippen LogP contribution in [-0.2, 0) is 9.59 Å². The number of ether oxygens (including phenoxy) is 2. The van der Waals surface area contributed by atoms with Crippen LogP contribution in [0, 0.1) is 5.82 Å². The molecule has 0 N–H and O–H groups in total. The van der Waals surface area contributed by atoms with Crippen molar-refractivity contribution < 1.29 is 23.5 Å². The molecule has 7 heteroatoms. The molecule has 0 spiro atoms. The van der Waals surface area contributed by atoms with E-state index in [0.29, 0.717) is 5.02 Å². The Morgan fingerprint density at radius 3 is 2.17 bits per heavy atom. The highest BCUT2D eigenvalue weighted by molar-refractivity contribution is 6.35. The van der Waals surface area contributed by atoms with E-state index in [9.17, 15) is 14.0 Å². The van der Waals surface area contributed by atoms with Crippen LogP contribution in [0.2, 0.25) is 10.0 Å². The van der Waals surface area contributed by atoms with E-state index in [4.69, 9.17) is 32.7 Å². The Labute approximate surface area is 148 Å². The molecule has 0 aliphatic heterocycles. The number of carbonyl (C=O) groups is 2. The van der Waals surface area contributed by atoms with Crippen molar-refractivity contribution in [3.8, 4) is 11.5 Å². The summed E-state index contributed by atoms with van der Waals surface area (Å²) in [6, 6.07) is 10.1. The van der Waals surface area contributed by atoms with E-state index in [1.165, 1.54) is 30.3 Å². The molecule has 0 saturated heterocycles. The van der Waals surface area contributed by atoms with Crippen LogP contribution in [0.4, 0.5) is 4.39 Å². The van der Waals surface area contributed by atoms with Gasteiger partial charge in [0.05, 0.1) is 5.02 Å². The molecule has 0 heterocycles. The lowest BCUT2D eigenvalue weighted by atomic mass is 10.2. The van der Waals surface area contributed by atoms with E-state index in [1.807, 2.05) is 0 Å². The normalized spacial score (nSPS) is 10.3. The largest absolute Gasteiger partial charge is 0.425 e. The van der Waals surface area contributed by atoms with Gasteiger partial charge in [-0.3, -0.25) is 9.59 Å². The van der Waals surface area contributed by atoms with Crippen LogP contribution in [0.3, 0.4) is 0 Å². The Morgan fingerprint density at radius 2 is 1.54 bits per heavy atom. The minimum atomic E-state index is -0.627. The first-order chi connectivity index (χ1) is 11.5. The highest BCUT2D eigenvalue weighted by atomic mass is 35.5. The van der Waals surface area contributed by atoms with E-state index in [-0.39, 0.29) is 35.8 Å². The van der Waals surface area contributed by atoms with Gasteiger partial charge in [-0.1, -0.05) is 35.3 Å². The molecule has 2 rings (SSSR count). The SMILES string of the molecule is O=C(CCCC(=O)Oc1ccc(Cl)cc1Cl)Oc1ccccc1F. The summed E-state index contributed by atoms with van der Waals surface area (Å²) in [5.41, 5.74) is 0. The number of benzene rings is 2. The van der Waals surface area contributed by atoms with E-state index >= 15 is 0 Å². The molecule has 0 aliphatic rings. The molecule has 0 aromatic heterocycles. The molecule has 0 fully saturated rings. The molecule has 126 valence electrons. The van der Waals surface area contributed by atoms with Gasteiger partial charge in [0.25, 0.3) is 0 Å². The predicted octanol–water partition coefficient (Wildman–Crippen LogP) is 4.81. The lowest BCUT2D eigenvalue weighted by Gasteiger charge is -2.07. The quantitative estimate of drug-likeness (QED) is 0.540. The summed E-state index contributed by atoms with van der Waals surface area (Å²) in [6.45, 7) is 0. The van der Waals surface area contributed by atoms with Crippen LogP contribution in [-0.4, -0.2) is 11.9 Å². The summed E-state index contributed by atoms with van der Waals surface area (Å²) in [5, 5.41) is 0.644. The molecule has 0 bridgehead atoms. The van der Waals surface area contributed by atoms with E-state index in [0.717, 1.165) is 0 Å². The molecule has 0 unspecified atom stereocenters. The zero-order valence-electron chi connectivity index (χ0n) is 12.4. The maximum absolute atomic E-state index is 13.3. The lowest BCUT2D eigenvalue weighted by Crippen LogP contribution is -2.12. The lowest BCUT2D eigenvalue weighted by molar-refractivity contribution is -0.136. The van der Waals surface area contributed by atoms with Crippen molar-refractivity contribution in [2.24, 2.45) is 0 Å². The third-order valence-electron chi connectivity index (χ3n) is 2.94. The number of rotatable bonds is 6. The van der Waals surface area contributed by atoms with E-state index in [2.05, 4.69) is 0 Å². The standard InChI is InChI=1S/C17H13Cl2FO4/c18-11-8-9-14(12(19)10-11)23-16(21)6-3-7-17(22)24-15-5-2-1-4-13(15)20/h1-2,4-5,8-10H,3,6-7H2. The van der Waals surface area contributed by atoms with Gasteiger partial charge >= 0.3 is 11.9 Å². The zero-order chi connectivity index (χ0) is 17.5. The Hall–Kier alpha value is -2.11. The number of hydrogen-bond donors (Lipinski definition) is 0. The van der Waals surface area contributed by atoms with Crippen LogP contribution < -0.4 is 9.47 Å². The smallest absolute Gasteiger partial charge is 0.311 e. The minimum Gasteiger partial charge on any atom is -0.425 e. The second-order valence-corrected chi connectivity index (χ2v) is 5.65. The Morgan fingerprint density at radius 1 is 0.917 bits per heavy atom. The van der Waals surface area contributed by atoms with Crippen molar-refractivity contribution in [1.29, 1.82) is 0 Å². The topological polar surface area (TPSA) is 52.6 Å². The van der Waals surface area contributed by atoms with Gasteiger partial charge in [-0.2, -0.15) is 0 Å². The average Bonchev–Trinajstić information content (AvgIpc) is 2.52. The first kappa shape index (κ1) is 18.2. The van der Waals surface area contributed by atoms with E-state index in [1.54, 1.807) is 12.1 Å². The molecule has 2 aromatic carbocycles. The average molecular weight is 371 g/mol. The first-order valence-electron chi connectivity index (χ1n) is 7.06. The van der Waals surface area contributed by atoms with Crippen LogP contribution in [0.25, 0.3) is 0 Å². The van der Waals surface area contributed by atoms with Crippen molar-refractivity contribution in [3.05, 3.63) is 58.3 Å². The third kappa shape index (κ3) is 5.51. The summed E-state index contributed by atoms with van der Waals surface area (Å²) in [4.78, 5) is 23.3. The Kier molecular flexibility index (Phi) is 6.58. The van der Waals surface area contributed by atoms with Crippen molar-refractivity contribution in [2.75, 3.05) is 0 Å². The maximum Gasteiger partial charge on any atom is 0.311 e. The van der Waals surface area contributed by atoms with Crippen LogP contribution in [0.5, 0.6) is 11.5 Å². The fourth-order valence-electron chi connectivity index (χ4n) is 1.81. The summed E-state index contributed by atoms with van der Waals surface area (Å²) < 4.78 is 23.3. The molecule has 0 radical (unpaired) electrons. The fourth-order valence-corrected chi connectivity index (χ4v) is 2.26. The number of esters is 2. The number of halogens is 3. The van der Waals surface area contributed by atoms with Gasteiger partial charge in [0.1, 0.15) is 5.75 Å². The first-order valence-corrected chi connectivity index (χ1v) is 7.82. The summed E-state index contributed by atoms with van der Waals surface area (Å²) >= 11 is 11.6. The summed E-state index contributed by atoms with van der Waals surface area (Å²) in [6.07, 6.45) is 0.153. The van der Waals surface area contributed by atoms with Gasteiger partial charge in [0.2, 0.25) is 0 Å². The number of carbonyl (C=O) groups excluding carboxylic acids is 2. The highest BCUT2D eigenvalue weighted by Crippen LogP contribution is 2.27. The molecule has 4 nitrogen and oxygen atoms in total. The molecule has 0 amide bonds. The van der Waals surface area contributed by atoms with Gasteiger partial charge in [-0.05, 0) is 36.8 Å². The molecule has 24 heavy (non-hydrogen) atoms. The molecule has 2 aromatic rings. The van der Waals surface area contributed by atoms with Crippen LogP contribution >= 0.6 is 23.2 Å². The van der Waals surface area contributed by atoms with E-state index < -0.39 is 17.8 Å². The molecular weight excluding hydrogens is 358 g/mol. The van der Waals surface area contributed by atoms with Gasteiger partial charge in [-0.25, -0.2) is 4.39 Å². The van der Waals surface area contributed by atoms with Gasteiger partial charge in [0.15, 0.2) is 11.6 Å². The van der Waals surface area contributed by atoms with Crippen LogP contribution in [0.1, 0.15) is 19.3 Å². The summed E-state index contributed by atoms with van der Waals surface area (Å²) in [5.74, 6) is -1.74. The predicted molar refractivity (Wildman–Crippen MR) is 88.0 cm³/mol. The van der Waals surface area contributed by atoms with Crippen molar-refractivity contribution >= 4 is 35.1 Å². The highest BCUT2D eigenvalue weighted by Gasteiger charge is 2.12. The van der Waals surface area contributed by atoms with Gasteiger partial charge in [-0.15, -0.1) is 0 Å². The van der Waals surface area contributed by atoms with Gasteiger partial charge in [0, 0.05) is 17.9 Å².